The summed E-state index contributed by atoms with van der Waals surface area (Å²) in [5.41, 5.74) is 17.1. The van der Waals surface area contributed by atoms with Gasteiger partial charge in [-0.15, -0.1) is 0 Å². The van der Waals surface area contributed by atoms with E-state index < -0.39 is 0 Å². The van der Waals surface area contributed by atoms with E-state index >= 15 is 0 Å². The highest BCUT2D eigenvalue weighted by Crippen LogP contribution is 2.54. The smallest absolute Gasteiger partial charge is 0.135 e. The molecule has 1 nitrogen and oxygen atoms in total. The number of benzene rings is 10. The van der Waals surface area contributed by atoms with Gasteiger partial charge in [0, 0.05) is 16.2 Å². The molecule has 0 radical (unpaired) electrons. The highest BCUT2D eigenvalue weighted by atomic mass is 16.3. The Bertz CT molecular complexity index is 3410. The van der Waals surface area contributed by atoms with Crippen LogP contribution in [0.15, 0.2) is 199 Å². The SMILES string of the molecule is CC1(C)c2c(-c3ccc(-c4c5ccccc5c(-c5ccccc5-c5ccc6oc7ccccc7c6c5)c5ccccc45)cc3)cccc2-c2ccc3ccccc3c21. The van der Waals surface area contributed by atoms with Crippen LogP contribution < -0.4 is 0 Å². The van der Waals surface area contributed by atoms with Crippen molar-refractivity contribution in [3.63, 3.8) is 0 Å². The first kappa shape index (κ1) is 33.0. The Labute approximate surface area is 337 Å². The van der Waals surface area contributed by atoms with Crippen LogP contribution >= 0.6 is 0 Å². The van der Waals surface area contributed by atoms with Gasteiger partial charge in [-0.2, -0.15) is 0 Å². The van der Waals surface area contributed by atoms with E-state index in [1.54, 1.807) is 0 Å². The summed E-state index contributed by atoms with van der Waals surface area (Å²) in [5.74, 6) is 0. The van der Waals surface area contributed by atoms with Crippen molar-refractivity contribution >= 4 is 54.3 Å². The Hall–Kier alpha value is -7.22. The molecule has 1 aromatic heterocycles. The highest BCUT2D eigenvalue weighted by Gasteiger charge is 2.38. The fraction of sp³-hybridized carbons (Fsp3) is 0.0526. The van der Waals surface area contributed by atoms with E-state index in [2.05, 4.69) is 196 Å². The molecule has 0 saturated heterocycles. The van der Waals surface area contributed by atoms with Crippen molar-refractivity contribution in [1.82, 2.24) is 0 Å². The number of para-hydroxylation sites is 1. The van der Waals surface area contributed by atoms with Crippen LogP contribution in [0.2, 0.25) is 0 Å². The lowest BCUT2D eigenvalue weighted by molar-refractivity contribution is 0.668. The van der Waals surface area contributed by atoms with Gasteiger partial charge in [0.25, 0.3) is 0 Å². The van der Waals surface area contributed by atoms with Crippen molar-refractivity contribution in [3.8, 4) is 55.6 Å². The zero-order chi connectivity index (χ0) is 38.5. The van der Waals surface area contributed by atoms with E-state index in [0.29, 0.717) is 0 Å². The summed E-state index contributed by atoms with van der Waals surface area (Å²) >= 11 is 0. The maximum Gasteiger partial charge on any atom is 0.135 e. The zero-order valence-electron chi connectivity index (χ0n) is 32.4. The first-order valence-corrected chi connectivity index (χ1v) is 20.3. The van der Waals surface area contributed by atoms with Gasteiger partial charge in [0.1, 0.15) is 11.2 Å². The molecule has 58 heavy (non-hydrogen) atoms. The van der Waals surface area contributed by atoms with Gasteiger partial charge in [0.2, 0.25) is 0 Å². The molecule has 0 amide bonds. The predicted molar refractivity (Wildman–Crippen MR) is 246 cm³/mol. The van der Waals surface area contributed by atoms with Crippen LogP contribution in [0, 0.1) is 0 Å². The lowest BCUT2D eigenvalue weighted by Gasteiger charge is -2.26. The molecule has 10 aromatic carbocycles. The van der Waals surface area contributed by atoms with Gasteiger partial charge < -0.3 is 4.42 Å². The summed E-state index contributed by atoms with van der Waals surface area (Å²) in [6.45, 7) is 4.80. The average Bonchev–Trinajstić information content (AvgIpc) is 3.77. The quantitative estimate of drug-likeness (QED) is 0.164. The molecule has 0 N–H and O–H groups in total. The van der Waals surface area contributed by atoms with Crippen molar-refractivity contribution in [2.45, 2.75) is 19.3 Å². The molecule has 0 unspecified atom stereocenters. The molecule has 0 fully saturated rings. The van der Waals surface area contributed by atoms with Crippen molar-refractivity contribution < 1.29 is 4.42 Å². The number of fused-ring (bicyclic) bond motifs is 10. The van der Waals surface area contributed by atoms with Crippen molar-refractivity contribution in [1.29, 1.82) is 0 Å². The van der Waals surface area contributed by atoms with Crippen LogP contribution in [0.3, 0.4) is 0 Å². The maximum absolute atomic E-state index is 6.22. The minimum atomic E-state index is -0.141. The molecule has 1 heteroatoms. The molecule has 1 aliphatic rings. The molecular formula is C57H38O. The molecule has 0 spiro atoms. The third-order valence-electron chi connectivity index (χ3n) is 12.8. The Balaban J connectivity index is 1.02. The van der Waals surface area contributed by atoms with E-state index in [4.69, 9.17) is 4.42 Å². The molecule has 0 saturated carbocycles. The molecule has 1 aliphatic carbocycles. The van der Waals surface area contributed by atoms with Crippen LogP contribution in [0.4, 0.5) is 0 Å². The van der Waals surface area contributed by atoms with E-state index in [9.17, 15) is 0 Å². The maximum atomic E-state index is 6.22. The van der Waals surface area contributed by atoms with E-state index in [-0.39, 0.29) is 5.41 Å². The van der Waals surface area contributed by atoms with Gasteiger partial charge in [-0.1, -0.05) is 190 Å². The van der Waals surface area contributed by atoms with Crippen molar-refractivity contribution in [2.75, 3.05) is 0 Å². The fourth-order valence-corrected chi connectivity index (χ4v) is 10.4. The second-order valence-corrected chi connectivity index (χ2v) is 16.3. The van der Waals surface area contributed by atoms with Gasteiger partial charge in [-0.3, -0.25) is 0 Å². The molecule has 0 aliphatic heterocycles. The van der Waals surface area contributed by atoms with Crippen LogP contribution in [0.5, 0.6) is 0 Å². The largest absolute Gasteiger partial charge is 0.456 e. The fourth-order valence-electron chi connectivity index (χ4n) is 10.4. The molecule has 12 rings (SSSR count). The van der Waals surface area contributed by atoms with E-state index in [1.807, 2.05) is 12.1 Å². The van der Waals surface area contributed by atoms with Gasteiger partial charge in [-0.25, -0.2) is 0 Å². The summed E-state index contributed by atoms with van der Waals surface area (Å²) < 4.78 is 6.22. The van der Waals surface area contributed by atoms with E-state index in [1.165, 1.54) is 99.1 Å². The monoisotopic (exact) mass is 738 g/mol. The Morgan fingerprint density at radius 1 is 0.310 bits per heavy atom. The summed E-state index contributed by atoms with van der Waals surface area (Å²) in [5, 5.41) is 9.91. The molecule has 272 valence electrons. The first-order chi connectivity index (χ1) is 28.5. The number of hydrogen-bond acceptors (Lipinski definition) is 1. The lowest BCUT2D eigenvalue weighted by atomic mass is 9.77. The van der Waals surface area contributed by atoms with Crippen LogP contribution in [0.1, 0.15) is 25.0 Å². The summed E-state index contributed by atoms with van der Waals surface area (Å²) in [7, 11) is 0. The van der Waals surface area contributed by atoms with Crippen LogP contribution in [-0.2, 0) is 5.41 Å². The first-order valence-electron chi connectivity index (χ1n) is 20.3. The Kier molecular flexibility index (Phi) is 7.04. The third-order valence-corrected chi connectivity index (χ3v) is 12.8. The van der Waals surface area contributed by atoms with Gasteiger partial charge in [0.05, 0.1) is 0 Å². The van der Waals surface area contributed by atoms with Gasteiger partial charge in [0.15, 0.2) is 0 Å². The summed E-state index contributed by atoms with van der Waals surface area (Å²) in [4.78, 5) is 0. The van der Waals surface area contributed by atoms with Gasteiger partial charge in [-0.05, 0) is 117 Å². The third kappa shape index (κ3) is 4.71. The normalized spacial score (nSPS) is 13.1. The second-order valence-electron chi connectivity index (χ2n) is 16.3. The standard InChI is InChI=1S/C57H38O/c1-57(2)55-41(23-13-24-48(55)49-32-30-35-14-3-4-16-40(35)56(49)57)36-26-28-37(29-27-36)53-44-19-7-9-21-46(44)54(47-22-10-8-20-45(47)53)43-18-6-5-15-39(43)38-31-33-52-50(34-38)42-17-11-12-25-51(42)58-52/h3-34H,1-2H3. The van der Waals surface area contributed by atoms with Crippen molar-refractivity contribution in [3.05, 3.63) is 205 Å². The second kappa shape index (κ2) is 12.4. The van der Waals surface area contributed by atoms with Crippen LogP contribution in [-0.4, -0.2) is 0 Å². The number of furan rings is 1. The molecule has 0 atom stereocenters. The Morgan fingerprint density at radius 2 is 0.828 bits per heavy atom. The molecule has 0 bridgehead atoms. The highest BCUT2D eigenvalue weighted by molar-refractivity contribution is 6.22. The predicted octanol–water partition coefficient (Wildman–Crippen LogP) is 16.0. The molecule has 1 heterocycles. The Morgan fingerprint density at radius 3 is 1.57 bits per heavy atom. The van der Waals surface area contributed by atoms with E-state index in [0.717, 1.165) is 21.9 Å². The summed E-state index contributed by atoms with van der Waals surface area (Å²) in [6, 6.07) is 71.4. The van der Waals surface area contributed by atoms with Crippen molar-refractivity contribution in [2.24, 2.45) is 0 Å². The average molecular weight is 739 g/mol. The summed E-state index contributed by atoms with van der Waals surface area (Å²) in [6.07, 6.45) is 0. The number of rotatable bonds is 4. The lowest BCUT2D eigenvalue weighted by Crippen LogP contribution is -2.16. The molecular weight excluding hydrogens is 701 g/mol. The topological polar surface area (TPSA) is 13.1 Å². The zero-order valence-corrected chi connectivity index (χ0v) is 32.4. The number of hydrogen-bond donors (Lipinski definition) is 0. The minimum absolute atomic E-state index is 0.141. The van der Waals surface area contributed by atoms with Gasteiger partial charge >= 0.3 is 0 Å². The van der Waals surface area contributed by atoms with Crippen LogP contribution in [0.25, 0.3) is 110 Å². The minimum Gasteiger partial charge on any atom is -0.456 e. The molecule has 11 aromatic rings.